The lowest BCUT2D eigenvalue weighted by Gasteiger charge is -2.13. The second kappa shape index (κ2) is 4.37. The lowest BCUT2D eigenvalue weighted by Crippen LogP contribution is -2.04. The standard InChI is InChI=1S/C17H17N3/c1-2-20-15-10-6-3-7-12(15)11-16(20)17-18-13-8-4-5-9-14(13)19-17/h2,4-5,8-9,11H,1,3,6-7,10H2,(H,18,19). The predicted molar refractivity (Wildman–Crippen MR) is 82.5 cm³/mol. The first-order valence-corrected chi connectivity index (χ1v) is 7.17. The van der Waals surface area contributed by atoms with Gasteiger partial charge in [-0.3, -0.25) is 0 Å². The number of rotatable bonds is 2. The van der Waals surface area contributed by atoms with E-state index in [1.807, 2.05) is 24.4 Å². The molecule has 2 heterocycles. The summed E-state index contributed by atoms with van der Waals surface area (Å²) in [5.41, 5.74) is 6.07. The van der Waals surface area contributed by atoms with Gasteiger partial charge in [-0.1, -0.05) is 18.7 Å². The van der Waals surface area contributed by atoms with Gasteiger partial charge in [0.25, 0.3) is 0 Å². The fourth-order valence-corrected chi connectivity index (χ4v) is 3.19. The van der Waals surface area contributed by atoms with Crippen LogP contribution in [0.1, 0.15) is 24.1 Å². The Morgan fingerprint density at radius 1 is 1.20 bits per heavy atom. The van der Waals surface area contributed by atoms with Gasteiger partial charge in [-0.2, -0.15) is 0 Å². The summed E-state index contributed by atoms with van der Waals surface area (Å²) in [6.07, 6.45) is 6.77. The molecule has 0 spiro atoms. The summed E-state index contributed by atoms with van der Waals surface area (Å²) in [5.74, 6) is 0.931. The topological polar surface area (TPSA) is 33.6 Å². The lowest BCUT2D eigenvalue weighted by atomic mass is 9.98. The van der Waals surface area contributed by atoms with Crippen molar-refractivity contribution in [3.8, 4) is 11.5 Å². The fourth-order valence-electron chi connectivity index (χ4n) is 3.19. The van der Waals surface area contributed by atoms with Crippen molar-refractivity contribution >= 4 is 17.2 Å². The van der Waals surface area contributed by atoms with Crippen molar-refractivity contribution in [1.29, 1.82) is 0 Å². The zero-order chi connectivity index (χ0) is 13.5. The molecule has 1 N–H and O–H groups in total. The summed E-state index contributed by atoms with van der Waals surface area (Å²) in [7, 11) is 0. The molecule has 0 amide bonds. The first-order chi connectivity index (χ1) is 9.86. The average molecular weight is 263 g/mol. The van der Waals surface area contributed by atoms with Gasteiger partial charge in [0.05, 0.1) is 16.7 Å². The molecule has 3 heteroatoms. The number of aromatic amines is 1. The van der Waals surface area contributed by atoms with Crippen LogP contribution >= 0.6 is 0 Å². The molecule has 0 atom stereocenters. The van der Waals surface area contributed by atoms with Crippen LogP contribution in [0.2, 0.25) is 0 Å². The molecule has 0 radical (unpaired) electrons. The summed E-state index contributed by atoms with van der Waals surface area (Å²) in [5, 5.41) is 0. The van der Waals surface area contributed by atoms with Gasteiger partial charge in [-0.15, -0.1) is 0 Å². The number of hydrogen-bond donors (Lipinski definition) is 1. The summed E-state index contributed by atoms with van der Waals surface area (Å²) >= 11 is 0. The smallest absolute Gasteiger partial charge is 0.155 e. The molecule has 3 nitrogen and oxygen atoms in total. The quantitative estimate of drug-likeness (QED) is 0.744. The van der Waals surface area contributed by atoms with Gasteiger partial charge in [-0.25, -0.2) is 4.98 Å². The van der Waals surface area contributed by atoms with E-state index in [9.17, 15) is 0 Å². The second-order valence-corrected chi connectivity index (χ2v) is 5.36. The zero-order valence-corrected chi connectivity index (χ0v) is 11.4. The normalized spacial score (nSPS) is 14.4. The van der Waals surface area contributed by atoms with Crippen molar-refractivity contribution in [2.75, 3.05) is 0 Å². The number of nitrogens with zero attached hydrogens (tertiary/aromatic N) is 2. The maximum absolute atomic E-state index is 4.71. The van der Waals surface area contributed by atoms with E-state index >= 15 is 0 Å². The van der Waals surface area contributed by atoms with Crippen LogP contribution in [0.5, 0.6) is 0 Å². The Labute approximate surface area is 118 Å². The van der Waals surface area contributed by atoms with Gasteiger partial charge >= 0.3 is 0 Å². The van der Waals surface area contributed by atoms with Crippen molar-refractivity contribution in [3.05, 3.63) is 48.2 Å². The minimum Gasteiger partial charge on any atom is -0.337 e. The summed E-state index contributed by atoms with van der Waals surface area (Å²) in [4.78, 5) is 8.13. The van der Waals surface area contributed by atoms with E-state index in [4.69, 9.17) is 4.98 Å². The van der Waals surface area contributed by atoms with Gasteiger partial charge in [0.1, 0.15) is 0 Å². The number of fused-ring (bicyclic) bond motifs is 2. The maximum atomic E-state index is 4.71. The molecule has 20 heavy (non-hydrogen) atoms. The maximum Gasteiger partial charge on any atom is 0.155 e. The zero-order valence-electron chi connectivity index (χ0n) is 11.4. The van der Waals surface area contributed by atoms with Crippen molar-refractivity contribution in [3.63, 3.8) is 0 Å². The molecule has 4 rings (SSSR count). The van der Waals surface area contributed by atoms with Crippen LogP contribution in [0.3, 0.4) is 0 Å². The van der Waals surface area contributed by atoms with E-state index in [0.717, 1.165) is 29.0 Å². The van der Waals surface area contributed by atoms with E-state index in [-0.39, 0.29) is 0 Å². The Morgan fingerprint density at radius 2 is 2.05 bits per heavy atom. The van der Waals surface area contributed by atoms with Crippen molar-refractivity contribution in [2.24, 2.45) is 0 Å². The van der Waals surface area contributed by atoms with Crippen molar-refractivity contribution in [2.45, 2.75) is 25.7 Å². The predicted octanol–water partition coefficient (Wildman–Crippen LogP) is 4.01. The van der Waals surface area contributed by atoms with Crippen LogP contribution in [0, 0.1) is 0 Å². The number of aromatic nitrogens is 3. The SMILES string of the molecule is C=Cn1c(-c2nc3ccccc3[nH]2)cc2c1CCCC2. The molecule has 3 aromatic rings. The highest BCUT2D eigenvalue weighted by atomic mass is 15.0. The van der Waals surface area contributed by atoms with Crippen LogP contribution in [0.4, 0.5) is 0 Å². The molecule has 1 aliphatic rings. The number of imidazole rings is 1. The molecule has 0 unspecified atom stereocenters. The monoisotopic (exact) mass is 263 g/mol. The van der Waals surface area contributed by atoms with Crippen LogP contribution < -0.4 is 0 Å². The third-order valence-electron chi connectivity index (χ3n) is 4.16. The van der Waals surface area contributed by atoms with Gasteiger partial charge in [0.2, 0.25) is 0 Å². The largest absolute Gasteiger partial charge is 0.337 e. The molecule has 100 valence electrons. The fraction of sp³-hybridized carbons (Fsp3) is 0.235. The number of benzene rings is 1. The molecule has 0 bridgehead atoms. The van der Waals surface area contributed by atoms with E-state index < -0.39 is 0 Å². The van der Waals surface area contributed by atoms with Crippen molar-refractivity contribution < 1.29 is 0 Å². The third-order valence-corrected chi connectivity index (χ3v) is 4.16. The summed E-state index contributed by atoms with van der Waals surface area (Å²) < 4.78 is 2.20. The number of nitrogens with one attached hydrogen (secondary N) is 1. The van der Waals surface area contributed by atoms with Gasteiger partial charge in [-0.05, 0) is 49.4 Å². The second-order valence-electron chi connectivity index (χ2n) is 5.36. The number of H-pyrrole nitrogens is 1. The van der Waals surface area contributed by atoms with Crippen LogP contribution in [0.25, 0.3) is 28.8 Å². The molecule has 0 aliphatic heterocycles. The van der Waals surface area contributed by atoms with Gasteiger partial charge in [0.15, 0.2) is 5.82 Å². The molecular weight excluding hydrogens is 246 g/mol. The van der Waals surface area contributed by atoms with E-state index in [1.165, 1.54) is 30.5 Å². The third kappa shape index (κ3) is 1.63. The van der Waals surface area contributed by atoms with Gasteiger partial charge < -0.3 is 9.55 Å². The molecule has 0 saturated heterocycles. The van der Waals surface area contributed by atoms with Gasteiger partial charge in [0, 0.05) is 11.9 Å². The molecule has 0 fully saturated rings. The first kappa shape index (κ1) is 11.5. The lowest BCUT2D eigenvalue weighted by molar-refractivity contribution is 0.668. The highest BCUT2D eigenvalue weighted by Crippen LogP contribution is 2.30. The summed E-state index contributed by atoms with van der Waals surface area (Å²) in [6.45, 7) is 3.97. The minimum atomic E-state index is 0.931. The van der Waals surface area contributed by atoms with Crippen LogP contribution in [-0.2, 0) is 12.8 Å². The number of aryl methyl sites for hydroxylation is 1. The van der Waals surface area contributed by atoms with E-state index in [1.54, 1.807) is 0 Å². The number of para-hydroxylation sites is 2. The highest BCUT2D eigenvalue weighted by molar-refractivity contribution is 5.79. The average Bonchev–Trinajstić information content (AvgIpc) is 3.07. The molecule has 0 saturated carbocycles. The number of hydrogen-bond acceptors (Lipinski definition) is 1. The Hall–Kier alpha value is -2.29. The Bertz CT molecular complexity index is 759. The minimum absolute atomic E-state index is 0.931. The molecular formula is C17H17N3. The van der Waals surface area contributed by atoms with E-state index in [0.29, 0.717) is 0 Å². The van der Waals surface area contributed by atoms with Crippen molar-refractivity contribution in [1.82, 2.24) is 14.5 Å². The Balaban J connectivity index is 1.93. The van der Waals surface area contributed by atoms with E-state index in [2.05, 4.69) is 28.3 Å². The first-order valence-electron chi connectivity index (χ1n) is 7.17. The molecule has 1 aliphatic carbocycles. The Kier molecular flexibility index (Phi) is 2.52. The summed E-state index contributed by atoms with van der Waals surface area (Å²) in [6, 6.07) is 10.4. The highest BCUT2D eigenvalue weighted by Gasteiger charge is 2.19. The van der Waals surface area contributed by atoms with Crippen LogP contribution in [-0.4, -0.2) is 14.5 Å². The molecule has 1 aromatic carbocycles. The molecule has 2 aromatic heterocycles. The van der Waals surface area contributed by atoms with Crippen LogP contribution in [0.15, 0.2) is 36.9 Å². The Morgan fingerprint density at radius 3 is 2.90 bits per heavy atom.